The van der Waals surface area contributed by atoms with Crippen molar-refractivity contribution < 1.29 is 23.5 Å². The topological polar surface area (TPSA) is 77.8 Å². The maximum atomic E-state index is 12.4. The molecule has 1 N–H and O–H groups in total. The lowest BCUT2D eigenvalue weighted by Crippen LogP contribution is -2.36. The van der Waals surface area contributed by atoms with E-state index in [2.05, 4.69) is 25.0 Å². The van der Waals surface area contributed by atoms with Gasteiger partial charge in [-0.1, -0.05) is 19.6 Å². The van der Waals surface area contributed by atoms with E-state index in [-0.39, 0.29) is 0 Å². The molecule has 0 aliphatic carbocycles. The van der Waals surface area contributed by atoms with Gasteiger partial charge in [-0.25, -0.2) is 9.59 Å². The molecular weight excluding hydrogens is 338 g/mol. The second-order valence-corrected chi connectivity index (χ2v) is 12.1. The number of carbonyl (C=O) groups excluding carboxylic acids is 2. The van der Waals surface area contributed by atoms with E-state index >= 15 is 0 Å². The second-order valence-electron chi connectivity index (χ2n) is 7.07. The molecule has 2 heterocycles. The van der Waals surface area contributed by atoms with E-state index in [0.717, 1.165) is 5.38 Å². The van der Waals surface area contributed by atoms with E-state index in [0.29, 0.717) is 28.3 Å². The van der Waals surface area contributed by atoms with E-state index < -0.39 is 25.9 Å². The zero-order valence-corrected chi connectivity index (χ0v) is 16.8. The van der Waals surface area contributed by atoms with Crippen LogP contribution in [0.2, 0.25) is 19.6 Å². The number of methoxy groups -OCH3 is 2. The highest BCUT2D eigenvalue weighted by Crippen LogP contribution is 2.39. The van der Waals surface area contributed by atoms with E-state index in [9.17, 15) is 9.59 Å². The van der Waals surface area contributed by atoms with Crippen molar-refractivity contribution in [2.45, 2.75) is 39.4 Å². The van der Waals surface area contributed by atoms with Gasteiger partial charge in [0.25, 0.3) is 0 Å². The molecule has 0 aromatic carbocycles. The molecule has 0 spiro atoms. The molecule has 7 heteroatoms. The van der Waals surface area contributed by atoms with Crippen LogP contribution in [0, 0.1) is 0 Å². The second kappa shape index (κ2) is 6.91. The summed E-state index contributed by atoms with van der Waals surface area (Å²) in [6, 6.07) is 3.76. The fourth-order valence-electron chi connectivity index (χ4n) is 2.95. The maximum Gasteiger partial charge on any atom is 0.336 e. The van der Waals surface area contributed by atoms with Gasteiger partial charge in [0.05, 0.1) is 36.7 Å². The van der Waals surface area contributed by atoms with Gasteiger partial charge in [0.1, 0.15) is 13.8 Å². The first kappa shape index (κ1) is 19.0. The number of allylic oxidation sites excluding steroid dienone is 2. The Morgan fingerprint density at radius 1 is 1.00 bits per heavy atom. The Hall–Kier alpha value is -2.28. The van der Waals surface area contributed by atoms with Crippen LogP contribution in [-0.2, 0) is 19.1 Å². The molecule has 1 aromatic heterocycles. The number of dihydropyridines is 1. The molecule has 1 aliphatic heterocycles. The number of carbonyl (C=O) groups is 2. The van der Waals surface area contributed by atoms with E-state index in [1.54, 1.807) is 13.8 Å². The monoisotopic (exact) mass is 363 g/mol. The van der Waals surface area contributed by atoms with Crippen LogP contribution in [0.3, 0.4) is 0 Å². The fourth-order valence-corrected chi connectivity index (χ4v) is 3.96. The average molecular weight is 363 g/mol. The third-order valence-electron chi connectivity index (χ3n) is 4.22. The van der Waals surface area contributed by atoms with Crippen molar-refractivity contribution in [3.05, 3.63) is 40.4 Å². The lowest BCUT2D eigenvalue weighted by Gasteiger charge is -2.28. The van der Waals surface area contributed by atoms with Crippen molar-refractivity contribution in [2.75, 3.05) is 14.2 Å². The molecule has 0 unspecified atom stereocenters. The fraction of sp³-hybridized carbons (Fsp3) is 0.444. The molecule has 25 heavy (non-hydrogen) atoms. The summed E-state index contributed by atoms with van der Waals surface area (Å²) >= 11 is 0. The number of hydrogen-bond donors (Lipinski definition) is 1. The molecule has 6 nitrogen and oxygen atoms in total. The van der Waals surface area contributed by atoms with Gasteiger partial charge in [-0.15, -0.1) is 0 Å². The number of rotatable bonds is 4. The molecule has 0 amide bonds. The largest absolute Gasteiger partial charge is 0.470 e. The van der Waals surface area contributed by atoms with Crippen molar-refractivity contribution in [2.24, 2.45) is 0 Å². The Morgan fingerprint density at radius 2 is 1.48 bits per heavy atom. The zero-order valence-electron chi connectivity index (χ0n) is 15.8. The minimum absolute atomic E-state index is 0.352. The smallest absolute Gasteiger partial charge is 0.336 e. The Kier molecular flexibility index (Phi) is 5.27. The van der Waals surface area contributed by atoms with Gasteiger partial charge in [-0.2, -0.15) is 0 Å². The Morgan fingerprint density at radius 3 is 1.84 bits per heavy atom. The summed E-state index contributed by atoms with van der Waals surface area (Å²) in [5, 5.41) is 3.98. The number of hydrogen-bond acceptors (Lipinski definition) is 6. The van der Waals surface area contributed by atoms with Crippen LogP contribution in [-0.4, -0.2) is 34.2 Å². The van der Waals surface area contributed by atoms with Crippen LogP contribution in [0.25, 0.3) is 0 Å². The summed E-state index contributed by atoms with van der Waals surface area (Å²) in [6.45, 7) is 10.1. The first-order valence-corrected chi connectivity index (χ1v) is 11.6. The van der Waals surface area contributed by atoms with Crippen LogP contribution < -0.4 is 10.7 Å². The third-order valence-corrected chi connectivity index (χ3v) is 5.97. The molecule has 1 aromatic rings. The molecular formula is C18H25NO5Si. The van der Waals surface area contributed by atoms with Crippen molar-refractivity contribution in [1.82, 2.24) is 5.32 Å². The highest BCUT2D eigenvalue weighted by molar-refractivity contribution is 6.87. The standard InChI is InChI=1S/C18H25NO5Si/c1-10-14(17(20)22-3)16(15(11(2)19-10)18(21)23-4)12-8-9-13(24-12)25(5,6)7/h8-9,16,19H,1-7H3. The van der Waals surface area contributed by atoms with Crippen molar-refractivity contribution in [3.63, 3.8) is 0 Å². The first-order valence-electron chi connectivity index (χ1n) is 8.07. The van der Waals surface area contributed by atoms with Gasteiger partial charge in [0.15, 0.2) is 0 Å². The summed E-state index contributed by atoms with van der Waals surface area (Å²) in [5.74, 6) is -1.13. The molecule has 0 saturated heterocycles. The Balaban J connectivity index is 2.66. The number of nitrogens with one attached hydrogen (secondary N) is 1. The van der Waals surface area contributed by atoms with Crippen LogP contribution in [0.15, 0.2) is 39.1 Å². The predicted molar refractivity (Wildman–Crippen MR) is 97.0 cm³/mol. The van der Waals surface area contributed by atoms with Crippen molar-refractivity contribution in [3.8, 4) is 0 Å². The quantitative estimate of drug-likeness (QED) is 0.654. The lowest BCUT2D eigenvalue weighted by atomic mass is 9.83. The molecule has 136 valence electrons. The number of esters is 2. The molecule has 2 rings (SSSR count). The first-order chi connectivity index (χ1) is 11.6. The molecule has 0 saturated carbocycles. The van der Waals surface area contributed by atoms with Crippen molar-refractivity contribution in [1.29, 1.82) is 0 Å². The summed E-state index contributed by atoms with van der Waals surface area (Å²) in [6.07, 6.45) is 0. The average Bonchev–Trinajstić information content (AvgIpc) is 3.02. The minimum Gasteiger partial charge on any atom is -0.470 e. The highest BCUT2D eigenvalue weighted by Gasteiger charge is 2.40. The van der Waals surface area contributed by atoms with Crippen LogP contribution in [0.5, 0.6) is 0 Å². The van der Waals surface area contributed by atoms with Gasteiger partial charge >= 0.3 is 11.9 Å². The molecule has 0 bridgehead atoms. The Labute approximate surface area is 148 Å². The third kappa shape index (κ3) is 3.56. The molecule has 0 radical (unpaired) electrons. The maximum absolute atomic E-state index is 12.4. The van der Waals surface area contributed by atoms with Gasteiger partial charge in [0.2, 0.25) is 0 Å². The normalized spacial score (nSPS) is 16.0. The summed E-state index contributed by atoms with van der Waals surface area (Å²) < 4.78 is 16.0. The summed E-state index contributed by atoms with van der Waals surface area (Å²) in [4.78, 5) is 24.8. The van der Waals surface area contributed by atoms with Gasteiger partial charge in [-0.3, -0.25) is 0 Å². The predicted octanol–water partition coefficient (Wildman–Crippen LogP) is 2.41. The highest BCUT2D eigenvalue weighted by atomic mass is 28.3. The minimum atomic E-state index is -1.67. The van der Waals surface area contributed by atoms with E-state index in [1.165, 1.54) is 14.2 Å². The number of ether oxygens (including phenoxy) is 2. The van der Waals surface area contributed by atoms with E-state index in [4.69, 9.17) is 13.9 Å². The van der Waals surface area contributed by atoms with E-state index in [1.807, 2.05) is 12.1 Å². The van der Waals surface area contributed by atoms with Gasteiger partial charge < -0.3 is 19.2 Å². The number of furan rings is 1. The van der Waals surface area contributed by atoms with Crippen LogP contribution in [0.1, 0.15) is 25.5 Å². The summed E-state index contributed by atoms with van der Waals surface area (Å²) in [7, 11) is 0.964. The Bertz CT molecular complexity index is 729. The van der Waals surface area contributed by atoms with Gasteiger partial charge in [-0.05, 0) is 26.0 Å². The molecule has 0 fully saturated rings. The van der Waals surface area contributed by atoms with Crippen LogP contribution in [0.4, 0.5) is 0 Å². The zero-order chi connectivity index (χ0) is 18.9. The SMILES string of the molecule is COC(=O)C1=C(C)NC(C)=C(C(=O)OC)C1c1ccc([Si](C)(C)C)o1. The van der Waals surface area contributed by atoms with Gasteiger partial charge in [0, 0.05) is 11.4 Å². The van der Waals surface area contributed by atoms with Crippen molar-refractivity contribution >= 4 is 25.4 Å². The molecule has 1 aliphatic rings. The summed E-state index contributed by atoms with van der Waals surface area (Å²) in [5.41, 5.74) is 1.97. The van der Waals surface area contributed by atoms with Crippen LogP contribution >= 0.6 is 0 Å². The molecule has 0 atom stereocenters. The lowest BCUT2D eigenvalue weighted by molar-refractivity contribution is -0.137.